The number of halogens is 3. The molecule has 4 nitrogen and oxygen atoms in total. The zero-order valence-corrected chi connectivity index (χ0v) is 13.4. The van der Waals surface area contributed by atoms with Crippen molar-refractivity contribution in [2.75, 3.05) is 6.54 Å². The predicted octanol–water partition coefficient (Wildman–Crippen LogP) is 3.46. The second-order valence-electron chi connectivity index (χ2n) is 4.62. The first kappa shape index (κ1) is 17.7. The third kappa shape index (κ3) is 5.46. The van der Waals surface area contributed by atoms with E-state index in [0.29, 0.717) is 11.4 Å². The zero-order chi connectivity index (χ0) is 16.9. The molecule has 0 aliphatic rings. The molecule has 1 N–H and O–H groups in total. The molecule has 8 heteroatoms. The van der Waals surface area contributed by atoms with Crippen LogP contribution in [0.4, 0.5) is 8.78 Å². The van der Waals surface area contributed by atoms with E-state index in [2.05, 4.69) is 9.46 Å². The lowest BCUT2D eigenvalue weighted by atomic mass is 10.1. The molecule has 0 saturated heterocycles. The Morgan fingerprint density at radius 1 is 1.04 bits per heavy atom. The maximum absolute atomic E-state index is 12.1. The summed E-state index contributed by atoms with van der Waals surface area (Å²) in [5.41, 5.74) is 0.797. The van der Waals surface area contributed by atoms with E-state index in [-0.39, 0.29) is 17.2 Å². The number of sulfonamides is 1. The Balaban J connectivity index is 1.90. The van der Waals surface area contributed by atoms with Gasteiger partial charge in [0.05, 0.1) is 4.90 Å². The molecule has 0 bridgehead atoms. The van der Waals surface area contributed by atoms with E-state index in [4.69, 9.17) is 11.6 Å². The Morgan fingerprint density at radius 2 is 1.65 bits per heavy atom. The molecule has 0 spiro atoms. The Bertz CT molecular complexity index is 734. The highest BCUT2D eigenvalue weighted by Crippen LogP contribution is 2.16. The molecule has 2 rings (SSSR count). The van der Waals surface area contributed by atoms with Crippen molar-refractivity contribution in [3.63, 3.8) is 0 Å². The lowest BCUT2D eigenvalue weighted by Gasteiger charge is -2.08. The van der Waals surface area contributed by atoms with Gasteiger partial charge in [-0.2, -0.15) is 8.78 Å². The minimum absolute atomic E-state index is 0.0606. The predicted molar refractivity (Wildman–Crippen MR) is 83.4 cm³/mol. The highest BCUT2D eigenvalue weighted by molar-refractivity contribution is 7.89. The van der Waals surface area contributed by atoms with E-state index in [1.165, 1.54) is 36.4 Å². The quantitative estimate of drug-likeness (QED) is 0.821. The molecule has 0 atom stereocenters. The Labute approximate surface area is 138 Å². The minimum Gasteiger partial charge on any atom is -0.435 e. The fourth-order valence-corrected chi connectivity index (χ4v) is 3.02. The van der Waals surface area contributed by atoms with Crippen molar-refractivity contribution in [3.05, 3.63) is 59.1 Å². The molecule has 0 radical (unpaired) electrons. The number of hydrogen-bond acceptors (Lipinski definition) is 3. The van der Waals surface area contributed by atoms with Crippen LogP contribution in [0, 0.1) is 0 Å². The normalized spacial score (nSPS) is 11.7. The van der Waals surface area contributed by atoms with Crippen molar-refractivity contribution in [2.45, 2.75) is 17.9 Å². The molecule has 0 saturated carbocycles. The van der Waals surface area contributed by atoms with E-state index in [1.807, 2.05) is 0 Å². The number of benzene rings is 2. The molecule has 2 aromatic rings. The van der Waals surface area contributed by atoms with Gasteiger partial charge in [0.2, 0.25) is 10.0 Å². The molecule has 0 heterocycles. The third-order valence-corrected chi connectivity index (χ3v) is 4.71. The van der Waals surface area contributed by atoms with Gasteiger partial charge in [0.25, 0.3) is 0 Å². The number of nitrogens with one attached hydrogen (secondary N) is 1. The Morgan fingerprint density at radius 3 is 2.22 bits per heavy atom. The summed E-state index contributed by atoms with van der Waals surface area (Å²) in [7, 11) is -3.60. The molecule has 0 aromatic heterocycles. The number of hydrogen-bond donors (Lipinski definition) is 1. The van der Waals surface area contributed by atoms with Crippen molar-refractivity contribution in [1.29, 1.82) is 0 Å². The number of rotatable bonds is 7. The summed E-state index contributed by atoms with van der Waals surface area (Å²) < 4.78 is 54.9. The van der Waals surface area contributed by atoms with Crippen LogP contribution in [0.5, 0.6) is 5.75 Å². The molecule has 124 valence electrons. The first-order valence-electron chi connectivity index (χ1n) is 6.66. The third-order valence-electron chi connectivity index (χ3n) is 2.98. The molecule has 0 aliphatic heterocycles. The summed E-state index contributed by atoms with van der Waals surface area (Å²) in [5.74, 6) is 0.0606. The molecule has 0 amide bonds. The summed E-state index contributed by atoms with van der Waals surface area (Å²) >= 11 is 5.72. The van der Waals surface area contributed by atoms with Crippen LogP contribution < -0.4 is 9.46 Å². The lowest BCUT2D eigenvalue weighted by Crippen LogP contribution is -2.25. The van der Waals surface area contributed by atoms with E-state index in [0.717, 1.165) is 5.56 Å². The molecule has 23 heavy (non-hydrogen) atoms. The smallest absolute Gasteiger partial charge is 0.387 e. The van der Waals surface area contributed by atoms with Crippen molar-refractivity contribution >= 4 is 21.6 Å². The summed E-state index contributed by atoms with van der Waals surface area (Å²) in [6.45, 7) is -2.69. The molecule has 2 aromatic carbocycles. The van der Waals surface area contributed by atoms with Gasteiger partial charge in [-0.05, 0) is 48.4 Å². The first-order chi connectivity index (χ1) is 10.9. The van der Waals surface area contributed by atoms with Gasteiger partial charge in [0, 0.05) is 11.6 Å². The van der Waals surface area contributed by atoms with Crippen molar-refractivity contribution in [1.82, 2.24) is 4.72 Å². The molecular formula is C15H14ClF2NO3S. The topological polar surface area (TPSA) is 55.4 Å². The van der Waals surface area contributed by atoms with Crippen molar-refractivity contribution in [2.24, 2.45) is 0 Å². The van der Waals surface area contributed by atoms with Gasteiger partial charge in [0.15, 0.2) is 0 Å². The van der Waals surface area contributed by atoms with Gasteiger partial charge in [-0.15, -0.1) is 0 Å². The fraction of sp³-hybridized carbons (Fsp3) is 0.200. The zero-order valence-electron chi connectivity index (χ0n) is 11.9. The lowest BCUT2D eigenvalue weighted by molar-refractivity contribution is -0.0498. The summed E-state index contributed by atoms with van der Waals surface area (Å²) in [6, 6.07) is 11.9. The second kappa shape index (κ2) is 7.72. The molecule has 0 aliphatic carbocycles. The van der Waals surface area contributed by atoms with E-state index in [9.17, 15) is 17.2 Å². The van der Waals surface area contributed by atoms with Crippen LogP contribution in [0.25, 0.3) is 0 Å². The van der Waals surface area contributed by atoms with Crippen LogP contribution in [0.15, 0.2) is 53.4 Å². The minimum atomic E-state index is -3.60. The highest BCUT2D eigenvalue weighted by Gasteiger charge is 2.13. The van der Waals surface area contributed by atoms with Crippen LogP contribution >= 0.6 is 11.6 Å². The van der Waals surface area contributed by atoms with Gasteiger partial charge in [-0.3, -0.25) is 0 Å². The largest absolute Gasteiger partial charge is 0.435 e. The second-order valence-corrected chi connectivity index (χ2v) is 6.83. The maximum Gasteiger partial charge on any atom is 0.387 e. The summed E-state index contributed by atoms with van der Waals surface area (Å²) in [4.78, 5) is 0.127. The standard InChI is InChI=1S/C15H14ClF2NO3S/c16-12-3-7-14(8-4-12)23(20,21)19-10-9-11-1-5-13(6-2-11)22-15(17)18/h1-8,15,19H,9-10H2. The molecular weight excluding hydrogens is 348 g/mol. The fourth-order valence-electron chi connectivity index (χ4n) is 1.86. The average Bonchev–Trinajstić information content (AvgIpc) is 2.49. The van der Waals surface area contributed by atoms with Crippen LogP contribution in [-0.2, 0) is 16.4 Å². The highest BCUT2D eigenvalue weighted by atomic mass is 35.5. The van der Waals surface area contributed by atoms with E-state index >= 15 is 0 Å². The summed E-state index contributed by atoms with van der Waals surface area (Å²) in [5, 5.41) is 0.454. The summed E-state index contributed by atoms with van der Waals surface area (Å²) in [6.07, 6.45) is 0.418. The van der Waals surface area contributed by atoms with Gasteiger partial charge >= 0.3 is 6.61 Å². The van der Waals surface area contributed by atoms with E-state index < -0.39 is 16.6 Å². The molecule has 0 unspecified atom stereocenters. The van der Waals surface area contributed by atoms with Crippen molar-refractivity contribution < 1.29 is 21.9 Å². The number of ether oxygens (including phenoxy) is 1. The molecule has 0 fully saturated rings. The van der Waals surface area contributed by atoms with Crippen LogP contribution in [0.1, 0.15) is 5.56 Å². The van der Waals surface area contributed by atoms with Crippen LogP contribution in [0.2, 0.25) is 5.02 Å². The number of alkyl halides is 2. The Hall–Kier alpha value is -1.70. The van der Waals surface area contributed by atoms with Crippen molar-refractivity contribution in [3.8, 4) is 5.75 Å². The first-order valence-corrected chi connectivity index (χ1v) is 8.52. The van der Waals surface area contributed by atoms with Gasteiger partial charge < -0.3 is 4.74 Å². The van der Waals surface area contributed by atoms with Crippen LogP contribution in [-0.4, -0.2) is 21.6 Å². The van der Waals surface area contributed by atoms with Gasteiger partial charge in [0.1, 0.15) is 5.75 Å². The van der Waals surface area contributed by atoms with Gasteiger partial charge in [-0.1, -0.05) is 23.7 Å². The van der Waals surface area contributed by atoms with Crippen LogP contribution in [0.3, 0.4) is 0 Å². The maximum atomic E-state index is 12.1. The SMILES string of the molecule is O=S(=O)(NCCc1ccc(OC(F)F)cc1)c1ccc(Cl)cc1. The van der Waals surface area contributed by atoms with Gasteiger partial charge in [-0.25, -0.2) is 13.1 Å². The Kier molecular flexibility index (Phi) is 5.92. The van der Waals surface area contributed by atoms with E-state index in [1.54, 1.807) is 12.1 Å². The monoisotopic (exact) mass is 361 g/mol. The average molecular weight is 362 g/mol.